The Labute approximate surface area is 198 Å². The number of aryl methyl sites for hydroxylation is 1. The highest BCUT2D eigenvalue weighted by molar-refractivity contribution is 6.28. The smallest absolute Gasteiger partial charge is 0.310 e. The normalized spacial score (nSPS) is 13.1. The van der Waals surface area contributed by atoms with Crippen molar-refractivity contribution in [2.75, 3.05) is 0 Å². The fourth-order valence-electron chi connectivity index (χ4n) is 3.91. The topological polar surface area (TPSA) is 47.9 Å². The highest BCUT2D eigenvalue weighted by Crippen LogP contribution is 2.26. The Morgan fingerprint density at radius 2 is 1.59 bits per heavy atom. The van der Waals surface area contributed by atoms with Crippen molar-refractivity contribution in [3.8, 4) is 17.1 Å². The van der Waals surface area contributed by atoms with E-state index in [0.29, 0.717) is 9.76 Å². The minimum absolute atomic E-state index is 0.454. The van der Waals surface area contributed by atoms with Gasteiger partial charge in [-0.25, -0.2) is 0 Å². The van der Waals surface area contributed by atoms with E-state index < -0.39 is 0 Å². The second kappa shape index (κ2) is 16.0. The molecule has 5 heteroatoms. The van der Waals surface area contributed by atoms with Gasteiger partial charge in [-0.15, -0.1) is 5.10 Å². The molecule has 0 spiro atoms. The molecule has 2 aromatic heterocycles. The van der Waals surface area contributed by atoms with Crippen LogP contribution in [-0.2, 0) is 6.42 Å². The third-order valence-electron chi connectivity index (χ3n) is 6.37. The second-order valence-electron chi connectivity index (χ2n) is 9.16. The van der Waals surface area contributed by atoms with Gasteiger partial charge in [0.2, 0.25) is 0 Å². The van der Waals surface area contributed by atoms with Gasteiger partial charge in [-0.1, -0.05) is 85.5 Å². The molecule has 176 valence electrons. The van der Waals surface area contributed by atoms with Crippen LogP contribution in [-0.4, -0.2) is 24.9 Å². The molecular weight excluding hydrogens is 410 g/mol. The molecule has 0 N–H and O–H groups in total. The largest absolute Gasteiger partial charge is 0.539 e. The summed E-state index contributed by atoms with van der Waals surface area (Å²) in [6.07, 6.45) is 15.7. The van der Waals surface area contributed by atoms with Gasteiger partial charge >= 0.3 is 9.76 Å². The van der Waals surface area contributed by atoms with Crippen molar-refractivity contribution in [1.82, 2.24) is 15.2 Å². The molecule has 0 aliphatic rings. The summed E-state index contributed by atoms with van der Waals surface area (Å²) in [6, 6.07) is 9.14. The van der Waals surface area contributed by atoms with Gasteiger partial charge in [-0.3, -0.25) is 4.98 Å². The van der Waals surface area contributed by atoms with E-state index in [4.69, 9.17) is 4.43 Å². The molecule has 2 aromatic rings. The minimum Gasteiger partial charge on any atom is -0.539 e. The van der Waals surface area contributed by atoms with E-state index in [0.717, 1.165) is 47.1 Å². The third kappa shape index (κ3) is 9.80. The summed E-state index contributed by atoms with van der Waals surface area (Å²) in [5, 5.41) is 8.88. The first-order valence-corrected chi connectivity index (χ1v) is 13.9. The Bertz CT molecular complexity index is 738. The van der Waals surface area contributed by atoms with Crippen molar-refractivity contribution in [1.29, 1.82) is 0 Å². The molecule has 2 rings (SSSR count). The fourth-order valence-corrected chi connectivity index (χ4v) is 4.69. The second-order valence-corrected chi connectivity index (χ2v) is 10.2. The molecule has 0 aromatic carbocycles. The summed E-state index contributed by atoms with van der Waals surface area (Å²) in [4.78, 5) is 4.53. The molecule has 4 nitrogen and oxygen atoms in total. The molecule has 0 aliphatic heterocycles. The van der Waals surface area contributed by atoms with Crippen molar-refractivity contribution >= 4 is 9.76 Å². The highest BCUT2D eigenvalue weighted by Gasteiger charge is 2.13. The van der Waals surface area contributed by atoms with E-state index in [1.54, 1.807) is 6.20 Å². The predicted molar refractivity (Wildman–Crippen MR) is 136 cm³/mol. The quantitative estimate of drug-likeness (QED) is 0.182. The van der Waals surface area contributed by atoms with Gasteiger partial charge in [0.05, 0.1) is 5.69 Å². The maximum atomic E-state index is 6.13. The third-order valence-corrected chi connectivity index (χ3v) is 7.30. The Morgan fingerprint density at radius 3 is 2.31 bits per heavy atom. The average molecular weight is 454 g/mol. The Morgan fingerprint density at radius 1 is 0.844 bits per heavy atom. The number of rotatable bonds is 17. The SMILES string of the molecule is CCCCCCCc1ccc(-c2ncccc2O[Si]CCCC(C)C(C)CCCC)nn1. The van der Waals surface area contributed by atoms with Crippen molar-refractivity contribution in [3.63, 3.8) is 0 Å². The average Bonchev–Trinajstić information content (AvgIpc) is 2.82. The van der Waals surface area contributed by atoms with Crippen molar-refractivity contribution in [2.24, 2.45) is 11.8 Å². The molecular formula is C27H43N3OSi. The first kappa shape index (κ1) is 26.5. The van der Waals surface area contributed by atoms with E-state index in [9.17, 15) is 0 Å². The van der Waals surface area contributed by atoms with E-state index in [1.165, 1.54) is 64.2 Å². The molecule has 2 heterocycles. The van der Waals surface area contributed by atoms with Gasteiger partial charge in [0.25, 0.3) is 0 Å². The van der Waals surface area contributed by atoms with Gasteiger partial charge in [0, 0.05) is 6.20 Å². The van der Waals surface area contributed by atoms with Crippen LogP contribution in [0.25, 0.3) is 11.4 Å². The lowest BCUT2D eigenvalue weighted by atomic mass is 9.88. The number of unbranched alkanes of at least 4 members (excludes halogenated alkanes) is 5. The van der Waals surface area contributed by atoms with Crippen LogP contribution in [0, 0.1) is 11.8 Å². The van der Waals surface area contributed by atoms with Crippen molar-refractivity contribution in [3.05, 3.63) is 36.2 Å². The first-order chi connectivity index (χ1) is 15.7. The number of hydrogen-bond acceptors (Lipinski definition) is 4. The van der Waals surface area contributed by atoms with E-state index in [-0.39, 0.29) is 0 Å². The molecule has 0 bridgehead atoms. The summed E-state index contributed by atoms with van der Waals surface area (Å²) in [7, 11) is 0.454. The molecule has 0 fully saturated rings. The fraction of sp³-hybridized carbons (Fsp3) is 0.667. The van der Waals surface area contributed by atoms with Gasteiger partial charge in [-0.2, -0.15) is 5.10 Å². The molecule has 2 radical (unpaired) electrons. The van der Waals surface area contributed by atoms with Gasteiger partial charge < -0.3 is 4.43 Å². The van der Waals surface area contributed by atoms with Crippen LogP contribution in [0.3, 0.4) is 0 Å². The van der Waals surface area contributed by atoms with Crippen LogP contribution in [0.5, 0.6) is 5.75 Å². The summed E-state index contributed by atoms with van der Waals surface area (Å²) < 4.78 is 6.13. The van der Waals surface area contributed by atoms with Crippen LogP contribution in [0.2, 0.25) is 6.04 Å². The number of hydrogen-bond donors (Lipinski definition) is 0. The van der Waals surface area contributed by atoms with Crippen LogP contribution < -0.4 is 4.43 Å². The monoisotopic (exact) mass is 453 g/mol. The van der Waals surface area contributed by atoms with Crippen LogP contribution >= 0.6 is 0 Å². The molecule has 0 saturated heterocycles. The lowest BCUT2D eigenvalue weighted by Crippen LogP contribution is -2.09. The Balaban J connectivity index is 1.78. The molecule has 32 heavy (non-hydrogen) atoms. The maximum Gasteiger partial charge on any atom is 0.310 e. The van der Waals surface area contributed by atoms with E-state index in [2.05, 4.69) is 48.9 Å². The summed E-state index contributed by atoms with van der Waals surface area (Å²) in [6.45, 7) is 9.33. The summed E-state index contributed by atoms with van der Waals surface area (Å²) in [5.41, 5.74) is 2.65. The van der Waals surface area contributed by atoms with Gasteiger partial charge in [0.1, 0.15) is 17.1 Å². The van der Waals surface area contributed by atoms with Crippen molar-refractivity contribution < 1.29 is 4.43 Å². The van der Waals surface area contributed by atoms with Gasteiger partial charge in [-0.05, 0) is 55.0 Å². The van der Waals surface area contributed by atoms with Crippen molar-refractivity contribution in [2.45, 2.75) is 104 Å². The lowest BCUT2D eigenvalue weighted by molar-refractivity contribution is 0.333. The minimum atomic E-state index is 0.454. The molecule has 0 saturated carbocycles. The van der Waals surface area contributed by atoms with Crippen LogP contribution in [0.1, 0.15) is 97.6 Å². The summed E-state index contributed by atoms with van der Waals surface area (Å²) in [5.74, 6) is 2.43. The molecule has 2 atom stereocenters. The number of pyridine rings is 1. The Hall–Kier alpha value is -1.75. The molecule has 0 aliphatic carbocycles. The predicted octanol–water partition coefficient (Wildman–Crippen LogP) is 7.71. The highest BCUT2D eigenvalue weighted by atomic mass is 28.2. The lowest BCUT2D eigenvalue weighted by Gasteiger charge is -2.19. The summed E-state index contributed by atoms with van der Waals surface area (Å²) >= 11 is 0. The standard InChI is InChI=1S/C27H43N3OSi/c1-5-7-9-10-11-16-24-18-19-25(30-29-24)27-26(17-12-20-28-27)31-32-21-13-15-23(4)22(3)14-8-6-2/h12,17-20,22-23H,5-11,13-16,21H2,1-4H3. The molecule has 0 amide bonds. The zero-order valence-electron chi connectivity index (χ0n) is 20.8. The number of nitrogens with zero attached hydrogens (tertiary/aromatic N) is 3. The zero-order chi connectivity index (χ0) is 23.0. The van der Waals surface area contributed by atoms with E-state index >= 15 is 0 Å². The Kier molecular flexibility index (Phi) is 13.2. The van der Waals surface area contributed by atoms with E-state index in [1.807, 2.05) is 18.2 Å². The maximum absolute atomic E-state index is 6.13. The van der Waals surface area contributed by atoms with Crippen LogP contribution in [0.4, 0.5) is 0 Å². The molecule has 2 unspecified atom stereocenters. The number of aromatic nitrogens is 3. The van der Waals surface area contributed by atoms with Gasteiger partial charge in [0.15, 0.2) is 0 Å². The zero-order valence-corrected chi connectivity index (χ0v) is 21.8. The van der Waals surface area contributed by atoms with Crippen LogP contribution in [0.15, 0.2) is 30.5 Å². The first-order valence-electron chi connectivity index (χ1n) is 12.8.